The fourth-order valence-corrected chi connectivity index (χ4v) is 3.17. The van der Waals surface area contributed by atoms with E-state index in [9.17, 15) is 8.78 Å². The fourth-order valence-electron chi connectivity index (χ4n) is 3.17. The van der Waals surface area contributed by atoms with Crippen LogP contribution >= 0.6 is 0 Å². The third-order valence-corrected chi connectivity index (χ3v) is 4.26. The van der Waals surface area contributed by atoms with Crippen LogP contribution in [-0.2, 0) is 4.74 Å². The van der Waals surface area contributed by atoms with Gasteiger partial charge in [-0.05, 0) is 37.0 Å². The van der Waals surface area contributed by atoms with E-state index in [0.717, 1.165) is 37.8 Å². The first kappa shape index (κ1) is 14.4. The van der Waals surface area contributed by atoms with Gasteiger partial charge in [0.25, 0.3) is 0 Å². The Morgan fingerprint density at radius 3 is 2.79 bits per heavy atom. The number of halogens is 2. The van der Waals surface area contributed by atoms with E-state index in [4.69, 9.17) is 10.5 Å². The van der Waals surface area contributed by atoms with Gasteiger partial charge in [0.1, 0.15) is 11.6 Å². The highest BCUT2D eigenvalue weighted by molar-refractivity contribution is 5.25. The molecule has 3 atom stereocenters. The summed E-state index contributed by atoms with van der Waals surface area (Å²) in [6.07, 6.45) is 3.69. The lowest BCUT2D eigenvalue weighted by Gasteiger charge is -2.43. The van der Waals surface area contributed by atoms with E-state index in [1.54, 1.807) is 7.11 Å². The maximum Gasteiger partial charge on any atom is 0.128 e. The monoisotopic (exact) mass is 269 g/mol. The SMILES string of the molecule is COC1(C(N)c2cc(F)ccc2F)CCCC(C)C1. The van der Waals surface area contributed by atoms with Crippen LogP contribution in [0.5, 0.6) is 0 Å². The van der Waals surface area contributed by atoms with E-state index in [1.807, 2.05) is 0 Å². The second-order valence-corrected chi connectivity index (χ2v) is 5.61. The molecule has 19 heavy (non-hydrogen) atoms. The molecule has 0 saturated heterocycles. The lowest BCUT2D eigenvalue weighted by molar-refractivity contribution is -0.0725. The summed E-state index contributed by atoms with van der Waals surface area (Å²) in [5, 5.41) is 0. The lowest BCUT2D eigenvalue weighted by Crippen LogP contribution is -2.46. The molecule has 0 aliphatic heterocycles. The molecular weight excluding hydrogens is 248 g/mol. The van der Waals surface area contributed by atoms with Crippen molar-refractivity contribution in [2.75, 3.05) is 7.11 Å². The van der Waals surface area contributed by atoms with Crippen LogP contribution in [0.25, 0.3) is 0 Å². The Morgan fingerprint density at radius 2 is 2.16 bits per heavy atom. The van der Waals surface area contributed by atoms with E-state index in [-0.39, 0.29) is 5.56 Å². The van der Waals surface area contributed by atoms with Crippen molar-refractivity contribution < 1.29 is 13.5 Å². The third kappa shape index (κ3) is 2.79. The molecular formula is C15H21F2NO. The number of hydrogen-bond donors (Lipinski definition) is 1. The minimum Gasteiger partial charge on any atom is -0.376 e. The first-order chi connectivity index (χ1) is 8.98. The quantitative estimate of drug-likeness (QED) is 0.910. The van der Waals surface area contributed by atoms with Gasteiger partial charge in [0.05, 0.1) is 11.6 Å². The number of methoxy groups -OCH3 is 1. The maximum atomic E-state index is 13.9. The van der Waals surface area contributed by atoms with Crippen molar-refractivity contribution in [3.05, 3.63) is 35.4 Å². The largest absolute Gasteiger partial charge is 0.376 e. The molecule has 0 heterocycles. The van der Waals surface area contributed by atoms with Gasteiger partial charge in [0.15, 0.2) is 0 Å². The molecule has 4 heteroatoms. The van der Waals surface area contributed by atoms with Crippen molar-refractivity contribution in [3.63, 3.8) is 0 Å². The Bertz CT molecular complexity index is 452. The van der Waals surface area contributed by atoms with Crippen LogP contribution in [0, 0.1) is 17.6 Å². The molecule has 0 amide bonds. The average molecular weight is 269 g/mol. The fraction of sp³-hybridized carbons (Fsp3) is 0.600. The standard InChI is InChI=1S/C15H21F2NO/c1-10-4-3-7-15(9-10,19-2)14(18)12-8-11(16)5-6-13(12)17/h5-6,8,10,14H,3-4,7,9,18H2,1-2H3. The highest BCUT2D eigenvalue weighted by atomic mass is 19.1. The lowest BCUT2D eigenvalue weighted by atomic mass is 9.73. The summed E-state index contributed by atoms with van der Waals surface area (Å²) >= 11 is 0. The van der Waals surface area contributed by atoms with E-state index in [2.05, 4.69) is 6.92 Å². The van der Waals surface area contributed by atoms with Crippen LogP contribution in [0.15, 0.2) is 18.2 Å². The molecule has 0 bridgehead atoms. The Balaban J connectivity index is 2.34. The molecule has 0 spiro atoms. The maximum absolute atomic E-state index is 13.9. The van der Waals surface area contributed by atoms with E-state index >= 15 is 0 Å². The zero-order valence-corrected chi connectivity index (χ0v) is 11.5. The van der Waals surface area contributed by atoms with Gasteiger partial charge in [-0.2, -0.15) is 0 Å². The van der Waals surface area contributed by atoms with E-state index < -0.39 is 23.3 Å². The molecule has 0 radical (unpaired) electrons. The molecule has 1 aliphatic carbocycles. The summed E-state index contributed by atoms with van der Waals surface area (Å²) in [5.41, 5.74) is 5.83. The predicted molar refractivity (Wildman–Crippen MR) is 70.7 cm³/mol. The zero-order chi connectivity index (χ0) is 14.0. The molecule has 106 valence electrons. The van der Waals surface area contributed by atoms with Gasteiger partial charge >= 0.3 is 0 Å². The highest BCUT2D eigenvalue weighted by Gasteiger charge is 2.42. The minimum absolute atomic E-state index is 0.205. The Morgan fingerprint density at radius 1 is 1.42 bits per heavy atom. The van der Waals surface area contributed by atoms with Gasteiger partial charge in [-0.25, -0.2) is 8.78 Å². The smallest absolute Gasteiger partial charge is 0.128 e. The van der Waals surface area contributed by atoms with Gasteiger partial charge < -0.3 is 10.5 Å². The van der Waals surface area contributed by atoms with Gasteiger partial charge in [-0.15, -0.1) is 0 Å². The van der Waals surface area contributed by atoms with Crippen LogP contribution in [0.1, 0.15) is 44.2 Å². The van der Waals surface area contributed by atoms with E-state index in [0.29, 0.717) is 5.92 Å². The summed E-state index contributed by atoms with van der Waals surface area (Å²) in [7, 11) is 1.61. The first-order valence-corrected chi connectivity index (χ1v) is 6.74. The van der Waals surface area contributed by atoms with Gasteiger partial charge in [-0.3, -0.25) is 0 Å². The average Bonchev–Trinajstić information content (AvgIpc) is 2.40. The number of nitrogens with two attached hydrogens (primary N) is 1. The minimum atomic E-state index is -0.643. The summed E-state index contributed by atoms with van der Waals surface area (Å²) in [5.74, 6) is -0.457. The van der Waals surface area contributed by atoms with Crippen molar-refractivity contribution in [1.82, 2.24) is 0 Å². The van der Waals surface area contributed by atoms with Gasteiger partial charge in [0.2, 0.25) is 0 Å². The van der Waals surface area contributed by atoms with Crippen molar-refractivity contribution in [2.24, 2.45) is 11.7 Å². The molecule has 3 unspecified atom stereocenters. The second-order valence-electron chi connectivity index (χ2n) is 5.61. The predicted octanol–water partition coefficient (Wildman–Crippen LogP) is 3.56. The van der Waals surface area contributed by atoms with E-state index in [1.165, 1.54) is 6.07 Å². The summed E-state index contributed by atoms with van der Waals surface area (Å²) in [4.78, 5) is 0. The molecule has 1 aromatic carbocycles. The molecule has 2 nitrogen and oxygen atoms in total. The Labute approximate surface area is 112 Å². The van der Waals surface area contributed by atoms with Crippen LogP contribution in [-0.4, -0.2) is 12.7 Å². The molecule has 2 rings (SSSR count). The van der Waals surface area contributed by atoms with Crippen LogP contribution < -0.4 is 5.73 Å². The normalized spacial score (nSPS) is 29.2. The molecule has 1 aromatic rings. The molecule has 1 fully saturated rings. The van der Waals surface area contributed by atoms with Crippen molar-refractivity contribution in [1.29, 1.82) is 0 Å². The van der Waals surface area contributed by atoms with Crippen molar-refractivity contribution >= 4 is 0 Å². The van der Waals surface area contributed by atoms with Crippen molar-refractivity contribution in [2.45, 2.75) is 44.2 Å². The number of benzene rings is 1. The molecule has 2 N–H and O–H groups in total. The number of rotatable bonds is 3. The highest BCUT2D eigenvalue weighted by Crippen LogP contribution is 2.42. The molecule has 0 aromatic heterocycles. The zero-order valence-electron chi connectivity index (χ0n) is 11.5. The topological polar surface area (TPSA) is 35.2 Å². The van der Waals surface area contributed by atoms with Gasteiger partial charge in [0, 0.05) is 12.7 Å². The third-order valence-electron chi connectivity index (χ3n) is 4.26. The first-order valence-electron chi connectivity index (χ1n) is 6.74. The van der Waals surface area contributed by atoms with Crippen LogP contribution in [0.2, 0.25) is 0 Å². The van der Waals surface area contributed by atoms with Crippen LogP contribution in [0.4, 0.5) is 8.78 Å². The van der Waals surface area contributed by atoms with Crippen molar-refractivity contribution in [3.8, 4) is 0 Å². The summed E-state index contributed by atoms with van der Waals surface area (Å²) in [6.45, 7) is 2.14. The molecule has 1 saturated carbocycles. The van der Waals surface area contributed by atoms with Crippen LogP contribution in [0.3, 0.4) is 0 Å². The summed E-state index contributed by atoms with van der Waals surface area (Å²) in [6, 6.07) is 2.77. The Kier molecular flexibility index (Phi) is 4.21. The Hall–Kier alpha value is -1.00. The number of ether oxygens (including phenoxy) is 1. The number of hydrogen-bond acceptors (Lipinski definition) is 2. The molecule has 1 aliphatic rings. The summed E-state index contributed by atoms with van der Waals surface area (Å²) < 4.78 is 32.8. The van der Waals surface area contributed by atoms with Gasteiger partial charge in [-0.1, -0.05) is 19.8 Å². The second kappa shape index (κ2) is 5.55.